The van der Waals surface area contributed by atoms with Crippen LogP contribution in [0.25, 0.3) is 22.0 Å². The highest BCUT2D eigenvalue weighted by Crippen LogP contribution is 2.34. The van der Waals surface area contributed by atoms with Gasteiger partial charge in [-0.1, -0.05) is 60.7 Å². The maximum absolute atomic E-state index is 13.1. The average molecular weight is 385 g/mol. The lowest BCUT2D eigenvalue weighted by Gasteiger charge is -2.17. The number of rotatable bonds is 2. The summed E-state index contributed by atoms with van der Waals surface area (Å²) in [5.41, 5.74) is 4.55. The van der Waals surface area contributed by atoms with E-state index in [1.54, 1.807) is 11.3 Å². The van der Waals surface area contributed by atoms with E-state index < -0.39 is 0 Å². The highest BCUT2D eigenvalue weighted by Gasteiger charge is 2.22. The zero-order chi connectivity index (χ0) is 19.1. The summed E-state index contributed by atoms with van der Waals surface area (Å²) < 4.78 is 2.20. The Balaban J connectivity index is 1.68. The molecule has 1 aliphatic rings. The number of amides is 1. The molecule has 1 aromatic heterocycles. The SMILES string of the molecule is CCn1c2c(sc1=NC(=O)c1cccc3ccccc13)CCc1ccccc1-2. The number of aryl methyl sites for hydroxylation is 2. The Hall–Kier alpha value is -2.98. The number of fused-ring (bicyclic) bond motifs is 4. The molecule has 5 rings (SSSR count). The van der Waals surface area contributed by atoms with Gasteiger partial charge in [-0.3, -0.25) is 4.79 Å². The van der Waals surface area contributed by atoms with Gasteiger partial charge in [-0.25, -0.2) is 0 Å². The van der Waals surface area contributed by atoms with E-state index in [9.17, 15) is 4.79 Å². The molecule has 138 valence electrons. The molecule has 1 amide bonds. The lowest BCUT2D eigenvalue weighted by molar-refractivity contribution is 0.0999. The van der Waals surface area contributed by atoms with E-state index in [1.807, 2.05) is 42.5 Å². The molecule has 4 heteroatoms. The van der Waals surface area contributed by atoms with E-state index in [4.69, 9.17) is 0 Å². The van der Waals surface area contributed by atoms with Crippen LogP contribution in [0.3, 0.4) is 0 Å². The second-order valence-electron chi connectivity index (χ2n) is 7.00. The summed E-state index contributed by atoms with van der Waals surface area (Å²) in [6.07, 6.45) is 2.05. The van der Waals surface area contributed by atoms with Crippen molar-refractivity contribution in [3.8, 4) is 11.3 Å². The van der Waals surface area contributed by atoms with Crippen molar-refractivity contribution in [2.45, 2.75) is 26.3 Å². The summed E-state index contributed by atoms with van der Waals surface area (Å²) in [6.45, 7) is 2.91. The topological polar surface area (TPSA) is 34.4 Å². The smallest absolute Gasteiger partial charge is 0.280 e. The van der Waals surface area contributed by atoms with Gasteiger partial charge in [0.15, 0.2) is 4.80 Å². The van der Waals surface area contributed by atoms with Gasteiger partial charge in [0.05, 0.1) is 5.69 Å². The van der Waals surface area contributed by atoms with Gasteiger partial charge < -0.3 is 4.57 Å². The van der Waals surface area contributed by atoms with Crippen LogP contribution in [0, 0.1) is 0 Å². The third-order valence-electron chi connectivity index (χ3n) is 5.41. The van der Waals surface area contributed by atoms with Crippen molar-refractivity contribution < 1.29 is 4.79 Å². The Kier molecular flexibility index (Phi) is 4.21. The van der Waals surface area contributed by atoms with Gasteiger partial charge in [0, 0.05) is 22.5 Å². The summed E-state index contributed by atoms with van der Waals surface area (Å²) in [4.78, 5) is 19.8. The molecule has 3 aromatic carbocycles. The van der Waals surface area contributed by atoms with Crippen molar-refractivity contribution in [1.82, 2.24) is 4.57 Å². The molecule has 1 heterocycles. The van der Waals surface area contributed by atoms with E-state index in [0.29, 0.717) is 5.56 Å². The molecule has 0 fully saturated rings. The van der Waals surface area contributed by atoms with Crippen molar-refractivity contribution >= 4 is 28.0 Å². The minimum atomic E-state index is -0.175. The molecule has 1 aliphatic carbocycles. The zero-order valence-corrected chi connectivity index (χ0v) is 16.5. The van der Waals surface area contributed by atoms with Crippen molar-refractivity contribution in [3.05, 3.63) is 87.5 Å². The summed E-state index contributed by atoms with van der Waals surface area (Å²) in [5, 5.41) is 2.01. The molecular weight excluding hydrogens is 364 g/mol. The number of nitrogens with zero attached hydrogens (tertiary/aromatic N) is 2. The molecule has 0 atom stereocenters. The van der Waals surface area contributed by atoms with Crippen molar-refractivity contribution in [3.63, 3.8) is 0 Å². The quantitative estimate of drug-likeness (QED) is 0.466. The molecule has 0 saturated carbocycles. The number of hydrogen-bond donors (Lipinski definition) is 0. The van der Waals surface area contributed by atoms with Crippen LogP contribution in [-0.2, 0) is 19.4 Å². The maximum Gasteiger partial charge on any atom is 0.280 e. The van der Waals surface area contributed by atoms with Crippen LogP contribution in [0.2, 0.25) is 0 Å². The molecule has 4 aromatic rings. The van der Waals surface area contributed by atoms with Crippen LogP contribution in [0.4, 0.5) is 0 Å². The Morgan fingerprint density at radius 3 is 2.68 bits per heavy atom. The maximum atomic E-state index is 13.1. The van der Waals surface area contributed by atoms with E-state index in [2.05, 4.69) is 40.7 Å². The molecular formula is C24H20N2OS. The van der Waals surface area contributed by atoms with Gasteiger partial charge in [-0.15, -0.1) is 11.3 Å². The largest absolute Gasteiger partial charge is 0.316 e. The molecule has 0 N–H and O–H groups in total. The standard InChI is InChI=1S/C24H20N2OS/c1-2-26-22-19-12-6-4-9-17(19)14-15-21(22)28-24(26)25-23(27)20-13-7-10-16-8-3-5-11-18(16)20/h3-13H,2,14-15H2,1H3. The predicted molar refractivity (Wildman–Crippen MR) is 115 cm³/mol. The molecule has 0 saturated heterocycles. The van der Waals surface area contributed by atoms with Gasteiger partial charge in [-0.05, 0) is 42.2 Å². The first-order valence-corrected chi connectivity index (χ1v) is 10.5. The summed E-state index contributed by atoms with van der Waals surface area (Å²) in [6, 6.07) is 22.4. The molecule has 0 bridgehead atoms. The van der Waals surface area contributed by atoms with Gasteiger partial charge in [0.1, 0.15) is 0 Å². The fourth-order valence-electron chi connectivity index (χ4n) is 4.08. The van der Waals surface area contributed by atoms with E-state index in [-0.39, 0.29) is 5.91 Å². The van der Waals surface area contributed by atoms with Crippen LogP contribution in [-0.4, -0.2) is 10.5 Å². The second-order valence-corrected chi connectivity index (χ2v) is 8.06. The number of carbonyl (C=O) groups is 1. The fraction of sp³-hybridized carbons (Fsp3) is 0.167. The van der Waals surface area contributed by atoms with Crippen molar-refractivity contribution in [2.75, 3.05) is 0 Å². The van der Waals surface area contributed by atoms with E-state index >= 15 is 0 Å². The average Bonchev–Trinajstić information content (AvgIpc) is 3.10. The monoisotopic (exact) mass is 384 g/mol. The Morgan fingerprint density at radius 1 is 1.00 bits per heavy atom. The number of thiazole rings is 1. The van der Waals surface area contributed by atoms with Gasteiger partial charge in [0.2, 0.25) is 0 Å². The van der Waals surface area contributed by atoms with Crippen LogP contribution >= 0.6 is 11.3 Å². The Bertz CT molecular complexity index is 1270. The third-order valence-corrected chi connectivity index (χ3v) is 6.54. The van der Waals surface area contributed by atoms with Gasteiger partial charge >= 0.3 is 0 Å². The Labute approximate surface area is 167 Å². The minimum absolute atomic E-state index is 0.175. The second kappa shape index (κ2) is 6.88. The molecule has 0 unspecified atom stereocenters. The van der Waals surface area contributed by atoms with Crippen LogP contribution < -0.4 is 4.80 Å². The molecule has 28 heavy (non-hydrogen) atoms. The summed E-state index contributed by atoms with van der Waals surface area (Å²) in [5.74, 6) is -0.175. The summed E-state index contributed by atoms with van der Waals surface area (Å²) in [7, 11) is 0. The summed E-state index contributed by atoms with van der Waals surface area (Å²) >= 11 is 1.65. The molecule has 0 spiro atoms. The van der Waals surface area contributed by atoms with Crippen molar-refractivity contribution in [1.29, 1.82) is 0 Å². The van der Waals surface area contributed by atoms with Crippen LogP contribution in [0.15, 0.2) is 71.7 Å². The van der Waals surface area contributed by atoms with Gasteiger partial charge in [0.25, 0.3) is 5.91 Å². The molecule has 0 radical (unpaired) electrons. The molecule has 3 nitrogen and oxygen atoms in total. The highest BCUT2D eigenvalue weighted by atomic mass is 32.1. The number of aromatic nitrogens is 1. The minimum Gasteiger partial charge on any atom is -0.316 e. The predicted octanol–water partition coefficient (Wildman–Crippen LogP) is 5.23. The first-order chi connectivity index (χ1) is 13.8. The normalized spacial score (nSPS) is 13.4. The van der Waals surface area contributed by atoms with Crippen LogP contribution in [0.1, 0.15) is 27.7 Å². The van der Waals surface area contributed by atoms with Crippen LogP contribution in [0.5, 0.6) is 0 Å². The lowest BCUT2D eigenvalue weighted by atomic mass is 9.93. The number of carbonyl (C=O) groups excluding carboxylic acids is 1. The van der Waals surface area contributed by atoms with E-state index in [0.717, 1.165) is 35.0 Å². The molecule has 0 aliphatic heterocycles. The first kappa shape index (κ1) is 17.1. The number of hydrogen-bond acceptors (Lipinski definition) is 2. The van der Waals surface area contributed by atoms with E-state index in [1.165, 1.54) is 21.7 Å². The number of benzene rings is 3. The third kappa shape index (κ3) is 2.72. The first-order valence-electron chi connectivity index (χ1n) is 9.64. The zero-order valence-electron chi connectivity index (χ0n) is 15.7. The highest BCUT2D eigenvalue weighted by molar-refractivity contribution is 7.09. The fourth-order valence-corrected chi connectivity index (χ4v) is 5.28. The lowest BCUT2D eigenvalue weighted by Crippen LogP contribution is -2.18. The van der Waals surface area contributed by atoms with Gasteiger partial charge in [-0.2, -0.15) is 4.99 Å². The van der Waals surface area contributed by atoms with Crippen molar-refractivity contribution in [2.24, 2.45) is 4.99 Å². The Morgan fingerprint density at radius 2 is 1.79 bits per heavy atom.